The summed E-state index contributed by atoms with van der Waals surface area (Å²) in [5.74, 6) is 0.448. The van der Waals surface area contributed by atoms with E-state index >= 15 is 0 Å². The zero-order valence-electron chi connectivity index (χ0n) is 22.0. The number of carbonyl (C=O) groups is 1. The lowest BCUT2D eigenvalue weighted by molar-refractivity contribution is -0.316. The van der Waals surface area contributed by atoms with Crippen LogP contribution < -0.4 is 0 Å². The van der Waals surface area contributed by atoms with Crippen LogP contribution in [-0.2, 0) is 23.4 Å². The van der Waals surface area contributed by atoms with Crippen LogP contribution in [0.1, 0.15) is 49.9 Å². The molecule has 2 aliphatic heterocycles. The fourth-order valence-corrected chi connectivity index (χ4v) is 6.51. The van der Waals surface area contributed by atoms with Crippen molar-refractivity contribution in [1.29, 1.82) is 0 Å². The van der Waals surface area contributed by atoms with Gasteiger partial charge in [-0.3, -0.25) is 0 Å². The van der Waals surface area contributed by atoms with Gasteiger partial charge >= 0.3 is 5.97 Å². The maximum Gasteiger partial charge on any atom is 0.338 e. The Hall–Kier alpha value is -1.68. The van der Waals surface area contributed by atoms with Gasteiger partial charge in [0.2, 0.25) is 0 Å². The summed E-state index contributed by atoms with van der Waals surface area (Å²) < 4.78 is 32.3. The molecule has 2 aromatic carbocycles. The third-order valence-electron chi connectivity index (χ3n) is 7.18. The maximum absolute atomic E-state index is 13.3. The van der Waals surface area contributed by atoms with Crippen molar-refractivity contribution >= 4 is 26.0 Å². The van der Waals surface area contributed by atoms with Crippen molar-refractivity contribution < 1.29 is 28.2 Å². The summed E-state index contributed by atoms with van der Waals surface area (Å²) in [5, 5.41) is -0.0254. The van der Waals surface area contributed by atoms with E-state index in [1.165, 1.54) is 0 Å². The van der Waals surface area contributed by atoms with Crippen LogP contribution in [0.2, 0.25) is 18.1 Å². The highest BCUT2D eigenvalue weighted by Gasteiger charge is 2.55. The van der Waals surface area contributed by atoms with Crippen LogP contribution >= 0.6 is 11.8 Å². The van der Waals surface area contributed by atoms with E-state index in [0.717, 1.165) is 11.3 Å². The number of fused-ring (bicyclic) bond motifs is 1. The number of benzene rings is 2. The normalized spacial score (nSPS) is 28.8. The first-order valence-corrected chi connectivity index (χ1v) is 16.6. The van der Waals surface area contributed by atoms with E-state index in [9.17, 15) is 4.79 Å². The van der Waals surface area contributed by atoms with Crippen molar-refractivity contribution in [2.24, 2.45) is 0 Å². The molecule has 0 spiro atoms. The summed E-state index contributed by atoms with van der Waals surface area (Å²) in [5.41, 5.74) is 1.11. The molecule has 0 radical (unpaired) electrons. The van der Waals surface area contributed by atoms with Crippen molar-refractivity contribution in [3.8, 4) is 0 Å². The Kier molecular flexibility index (Phi) is 8.64. The summed E-state index contributed by atoms with van der Waals surface area (Å²) in [4.78, 5) is 13.3. The largest absolute Gasteiger partial charge is 0.453 e. The number of carbonyl (C=O) groups excluding carboxylic acids is 1. The molecule has 2 aliphatic rings. The summed E-state index contributed by atoms with van der Waals surface area (Å²) in [6.45, 7) is 13.5. The quantitative estimate of drug-likeness (QED) is 0.312. The molecular formula is C28H38O6SSi. The van der Waals surface area contributed by atoms with Gasteiger partial charge in [0.05, 0.1) is 12.2 Å². The molecule has 6 atom stereocenters. The molecular weight excluding hydrogens is 492 g/mol. The van der Waals surface area contributed by atoms with E-state index in [1.807, 2.05) is 48.5 Å². The van der Waals surface area contributed by atoms with Gasteiger partial charge in [-0.15, -0.1) is 11.8 Å². The minimum absolute atomic E-state index is 0.0254. The molecule has 4 rings (SSSR count). The molecule has 36 heavy (non-hydrogen) atoms. The molecule has 2 heterocycles. The SMILES string of the molecule is CCS[C@H]1O[C@@H]2COC(c3ccccc3)O[C@H]2[C@H](OC(=O)c2ccccc2)[C@@H]1O[Si](C)(C)C(C)(C)C. The van der Waals surface area contributed by atoms with Crippen molar-refractivity contribution in [2.45, 2.75) is 82.0 Å². The lowest BCUT2D eigenvalue weighted by Crippen LogP contribution is -2.65. The molecule has 0 aromatic heterocycles. The van der Waals surface area contributed by atoms with Crippen LogP contribution in [0.4, 0.5) is 0 Å². The van der Waals surface area contributed by atoms with Crippen molar-refractivity contribution in [2.75, 3.05) is 12.4 Å². The molecule has 8 heteroatoms. The summed E-state index contributed by atoms with van der Waals surface area (Å²) in [6.07, 6.45) is -2.59. The molecule has 2 saturated heterocycles. The van der Waals surface area contributed by atoms with Gasteiger partial charge in [0.1, 0.15) is 23.7 Å². The van der Waals surface area contributed by atoms with Gasteiger partial charge in [-0.05, 0) is 36.0 Å². The number of ether oxygens (including phenoxy) is 4. The number of hydrogen-bond donors (Lipinski definition) is 0. The zero-order chi connectivity index (χ0) is 25.9. The topological polar surface area (TPSA) is 63.2 Å². The molecule has 2 fully saturated rings. The number of esters is 1. The van der Waals surface area contributed by atoms with Crippen molar-refractivity contribution in [1.82, 2.24) is 0 Å². The highest BCUT2D eigenvalue weighted by molar-refractivity contribution is 7.99. The van der Waals surface area contributed by atoms with E-state index < -0.39 is 38.9 Å². The Morgan fingerprint density at radius 2 is 1.64 bits per heavy atom. The van der Waals surface area contributed by atoms with Gasteiger partial charge in [0, 0.05) is 5.56 Å². The van der Waals surface area contributed by atoms with Crippen LogP contribution in [0.5, 0.6) is 0 Å². The van der Waals surface area contributed by atoms with Gasteiger partial charge in [-0.25, -0.2) is 4.79 Å². The first-order chi connectivity index (χ1) is 17.1. The Morgan fingerprint density at radius 1 is 1.00 bits per heavy atom. The molecule has 2 aromatic rings. The second-order valence-electron chi connectivity index (χ2n) is 10.8. The fourth-order valence-electron chi connectivity index (χ4n) is 4.17. The predicted molar refractivity (Wildman–Crippen MR) is 145 cm³/mol. The smallest absolute Gasteiger partial charge is 0.338 e. The molecule has 196 valence electrons. The Morgan fingerprint density at radius 3 is 2.25 bits per heavy atom. The van der Waals surface area contributed by atoms with Gasteiger partial charge in [0.25, 0.3) is 0 Å². The van der Waals surface area contributed by atoms with E-state index in [2.05, 4.69) is 40.8 Å². The van der Waals surface area contributed by atoms with Crippen LogP contribution in [0.3, 0.4) is 0 Å². The number of rotatable bonds is 7. The Labute approximate surface area is 220 Å². The molecule has 0 saturated carbocycles. The summed E-state index contributed by atoms with van der Waals surface area (Å²) >= 11 is 1.66. The van der Waals surface area contributed by atoms with Gasteiger partial charge in [-0.1, -0.05) is 76.2 Å². The van der Waals surface area contributed by atoms with Crippen molar-refractivity contribution in [3.63, 3.8) is 0 Å². The highest BCUT2D eigenvalue weighted by atomic mass is 32.2. The van der Waals surface area contributed by atoms with E-state index in [1.54, 1.807) is 23.9 Å². The Balaban J connectivity index is 1.69. The van der Waals surface area contributed by atoms with Gasteiger partial charge in [-0.2, -0.15) is 0 Å². The van der Waals surface area contributed by atoms with E-state index in [4.69, 9.17) is 23.4 Å². The lowest BCUT2D eigenvalue weighted by Gasteiger charge is -2.51. The van der Waals surface area contributed by atoms with E-state index in [-0.39, 0.29) is 16.6 Å². The summed E-state index contributed by atoms with van der Waals surface area (Å²) in [6, 6.07) is 18.9. The first-order valence-electron chi connectivity index (χ1n) is 12.6. The van der Waals surface area contributed by atoms with Crippen molar-refractivity contribution in [3.05, 3.63) is 71.8 Å². The highest BCUT2D eigenvalue weighted by Crippen LogP contribution is 2.44. The maximum atomic E-state index is 13.3. The molecule has 1 unspecified atom stereocenters. The third-order valence-corrected chi connectivity index (χ3v) is 12.7. The van der Waals surface area contributed by atoms with Crippen LogP contribution in [-0.4, -0.2) is 56.5 Å². The number of hydrogen-bond acceptors (Lipinski definition) is 7. The minimum Gasteiger partial charge on any atom is -0.453 e. The minimum atomic E-state index is -2.24. The molecule has 0 N–H and O–H groups in total. The zero-order valence-corrected chi connectivity index (χ0v) is 23.8. The molecule has 0 bridgehead atoms. The van der Waals surface area contributed by atoms with Crippen LogP contribution in [0.25, 0.3) is 0 Å². The third kappa shape index (κ3) is 6.06. The molecule has 6 nitrogen and oxygen atoms in total. The predicted octanol–water partition coefficient (Wildman–Crippen LogP) is 6.19. The standard InChI is InChI=1S/C28H38O6SSi/c1-7-35-27-24(34-36(5,6)28(2,3)4)23(32-25(29)19-14-10-8-11-15-19)22-21(31-27)18-30-26(33-22)20-16-12-9-13-17-20/h8-17,21-24,26-27H,7,18H2,1-6H3/t21-,22-,23+,24+,26?,27-/m1/s1. The second kappa shape index (κ2) is 11.4. The number of thioether (sulfide) groups is 1. The van der Waals surface area contributed by atoms with E-state index in [0.29, 0.717) is 12.2 Å². The molecule has 0 aliphatic carbocycles. The molecule has 0 amide bonds. The van der Waals surface area contributed by atoms with Crippen LogP contribution in [0.15, 0.2) is 60.7 Å². The average molecular weight is 531 g/mol. The Bertz CT molecular complexity index is 996. The monoisotopic (exact) mass is 530 g/mol. The first kappa shape index (κ1) is 27.4. The summed E-state index contributed by atoms with van der Waals surface area (Å²) in [7, 11) is -2.24. The van der Waals surface area contributed by atoms with Gasteiger partial charge < -0.3 is 23.4 Å². The second-order valence-corrected chi connectivity index (χ2v) is 16.9. The lowest BCUT2D eigenvalue weighted by atomic mass is 9.98. The average Bonchev–Trinajstić information content (AvgIpc) is 2.86. The van der Waals surface area contributed by atoms with Crippen LogP contribution in [0, 0.1) is 0 Å². The van der Waals surface area contributed by atoms with Gasteiger partial charge in [0.15, 0.2) is 20.7 Å². The fraction of sp³-hybridized carbons (Fsp3) is 0.536.